The average molecular weight is 391 g/mol. The van der Waals surface area contributed by atoms with Crippen LogP contribution in [-0.4, -0.2) is 18.7 Å². The predicted molar refractivity (Wildman–Crippen MR) is 77.9 cm³/mol. The van der Waals surface area contributed by atoms with Gasteiger partial charge < -0.3 is 5.73 Å². The molecule has 10 heteroatoms. The first-order valence-corrected chi connectivity index (χ1v) is 7.87. The predicted octanol–water partition coefficient (Wildman–Crippen LogP) is 2.88. The monoisotopic (exact) mass is 390 g/mol. The number of hydrogen-bond acceptors (Lipinski definition) is 3. The van der Waals surface area contributed by atoms with Crippen LogP contribution >= 0.6 is 28.1 Å². The second-order valence-corrected chi connectivity index (χ2v) is 7.21. The molecule has 4 nitrogen and oxygen atoms in total. The molecule has 0 radical (unpaired) electrons. The minimum absolute atomic E-state index is 0.185. The Morgan fingerprint density at radius 2 is 2.00 bits per heavy atom. The van der Waals surface area contributed by atoms with Crippen LogP contribution in [0.2, 0.25) is 0 Å². The maximum absolute atomic E-state index is 12.7. The van der Waals surface area contributed by atoms with E-state index in [1.165, 1.54) is 13.0 Å². The fourth-order valence-corrected chi connectivity index (χ4v) is 3.00. The van der Waals surface area contributed by atoms with Crippen LogP contribution in [0.25, 0.3) is 0 Å². The second kappa shape index (κ2) is 5.86. The highest BCUT2D eigenvalue weighted by molar-refractivity contribution is 9.10. The Morgan fingerprint density at radius 3 is 2.45 bits per heavy atom. The summed E-state index contributed by atoms with van der Waals surface area (Å²) in [7, 11) is -3.99. The Kier molecular flexibility index (Phi) is 5.03. The van der Waals surface area contributed by atoms with Crippen molar-refractivity contribution >= 4 is 48.8 Å². The highest BCUT2D eigenvalue weighted by atomic mass is 79.9. The third kappa shape index (κ3) is 4.06. The third-order valence-corrected chi connectivity index (χ3v) is 5.30. The van der Waals surface area contributed by atoms with Crippen molar-refractivity contribution < 1.29 is 21.6 Å². The van der Waals surface area contributed by atoms with Gasteiger partial charge in [-0.3, -0.25) is 4.72 Å². The number of hydrogen-bond donors (Lipinski definition) is 2. The Hall–Kier alpha value is -0.870. The van der Waals surface area contributed by atoms with E-state index in [9.17, 15) is 21.6 Å². The summed E-state index contributed by atoms with van der Waals surface area (Å²) in [5, 5.41) is -1.20. The number of anilines is 1. The Morgan fingerprint density at radius 1 is 1.45 bits per heavy atom. The number of rotatable bonds is 4. The van der Waals surface area contributed by atoms with E-state index >= 15 is 0 Å². The molecule has 1 aromatic carbocycles. The number of nitrogens with one attached hydrogen (secondary N) is 1. The SMILES string of the molecule is CC(C(N)=S)S(=O)(=O)Nc1ccc(Br)c(C(F)(F)F)c1. The number of thiocarbonyl (C=S) groups is 1. The molecule has 0 heterocycles. The van der Waals surface area contributed by atoms with Crippen LogP contribution in [0.1, 0.15) is 12.5 Å². The zero-order valence-electron chi connectivity index (χ0n) is 10.0. The van der Waals surface area contributed by atoms with E-state index in [4.69, 9.17) is 5.73 Å². The molecule has 3 N–H and O–H groups in total. The molecular formula is C10H10BrF3N2O2S2. The molecule has 1 atom stereocenters. The first kappa shape index (κ1) is 17.2. The van der Waals surface area contributed by atoms with Crippen molar-refractivity contribution in [3.63, 3.8) is 0 Å². The van der Waals surface area contributed by atoms with Crippen LogP contribution in [0, 0.1) is 0 Å². The summed E-state index contributed by atoms with van der Waals surface area (Å²) in [6, 6.07) is 2.99. The van der Waals surface area contributed by atoms with Crippen molar-refractivity contribution in [2.24, 2.45) is 5.73 Å². The van der Waals surface area contributed by atoms with Gasteiger partial charge in [0, 0.05) is 10.2 Å². The molecule has 0 amide bonds. The van der Waals surface area contributed by atoms with Gasteiger partial charge >= 0.3 is 6.18 Å². The minimum atomic E-state index is -4.60. The molecule has 0 spiro atoms. The van der Waals surface area contributed by atoms with E-state index in [1.54, 1.807) is 0 Å². The van der Waals surface area contributed by atoms with Crippen LogP contribution in [0.3, 0.4) is 0 Å². The number of nitrogens with two attached hydrogens (primary N) is 1. The molecule has 0 aromatic heterocycles. The highest BCUT2D eigenvalue weighted by Gasteiger charge is 2.33. The first-order chi connectivity index (χ1) is 8.95. The summed E-state index contributed by atoms with van der Waals surface area (Å²) in [4.78, 5) is -0.273. The molecule has 0 aliphatic carbocycles. The first-order valence-electron chi connectivity index (χ1n) is 5.13. The maximum Gasteiger partial charge on any atom is 0.417 e. The number of halogens is 4. The van der Waals surface area contributed by atoms with E-state index in [1.807, 2.05) is 4.72 Å². The Balaban J connectivity index is 3.15. The lowest BCUT2D eigenvalue weighted by Gasteiger charge is -2.15. The Bertz CT molecular complexity index is 632. The fourth-order valence-electron chi connectivity index (χ4n) is 1.21. The van der Waals surface area contributed by atoms with Crippen LogP contribution in [0.5, 0.6) is 0 Å². The van der Waals surface area contributed by atoms with Gasteiger partial charge in [0.2, 0.25) is 10.0 Å². The third-order valence-electron chi connectivity index (χ3n) is 2.40. The van der Waals surface area contributed by atoms with Crippen molar-refractivity contribution in [2.75, 3.05) is 4.72 Å². The van der Waals surface area contributed by atoms with Gasteiger partial charge in [0.05, 0.1) is 10.6 Å². The lowest BCUT2D eigenvalue weighted by Crippen LogP contribution is -2.35. The van der Waals surface area contributed by atoms with Gasteiger partial charge in [-0.25, -0.2) is 8.42 Å². The van der Waals surface area contributed by atoms with Crippen LogP contribution in [0.15, 0.2) is 22.7 Å². The summed E-state index contributed by atoms with van der Waals surface area (Å²) in [5.41, 5.74) is 4.02. The van der Waals surface area contributed by atoms with Crippen molar-refractivity contribution in [3.05, 3.63) is 28.2 Å². The Labute approximate surface area is 127 Å². The highest BCUT2D eigenvalue weighted by Crippen LogP contribution is 2.36. The molecule has 0 saturated heterocycles. The van der Waals surface area contributed by atoms with E-state index in [0.717, 1.165) is 6.07 Å². The van der Waals surface area contributed by atoms with Crippen molar-refractivity contribution in [1.29, 1.82) is 0 Å². The quantitative estimate of drug-likeness (QED) is 0.775. The van der Waals surface area contributed by atoms with E-state index in [2.05, 4.69) is 28.1 Å². The lowest BCUT2D eigenvalue weighted by molar-refractivity contribution is -0.138. The minimum Gasteiger partial charge on any atom is -0.392 e. The zero-order valence-corrected chi connectivity index (χ0v) is 13.3. The summed E-state index contributed by atoms with van der Waals surface area (Å²) < 4.78 is 63.6. The van der Waals surface area contributed by atoms with Crippen molar-refractivity contribution in [3.8, 4) is 0 Å². The van der Waals surface area contributed by atoms with Gasteiger partial charge in [0.1, 0.15) is 5.25 Å². The molecule has 0 bridgehead atoms. The average Bonchev–Trinajstić information content (AvgIpc) is 2.28. The van der Waals surface area contributed by atoms with E-state index in [0.29, 0.717) is 6.07 Å². The van der Waals surface area contributed by atoms with Crippen LogP contribution in [-0.2, 0) is 16.2 Å². The fraction of sp³-hybridized carbons (Fsp3) is 0.300. The van der Waals surface area contributed by atoms with Gasteiger partial charge in [-0.2, -0.15) is 13.2 Å². The van der Waals surface area contributed by atoms with Crippen molar-refractivity contribution in [1.82, 2.24) is 0 Å². The van der Waals surface area contributed by atoms with Gasteiger partial charge in [0.15, 0.2) is 0 Å². The van der Waals surface area contributed by atoms with E-state index < -0.39 is 27.0 Å². The molecule has 1 unspecified atom stereocenters. The topological polar surface area (TPSA) is 72.2 Å². The van der Waals surface area contributed by atoms with Crippen LogP contribution < -0.4 is 10.5 Å². The molecular weight excluding hydrogens is 381 g/mol. The molecule has 112 valence electrons. The second-order valence-electron chi connectivity index (χ2n) is 3.88. The molecule has 0 aliphatic rings. The molecule has 0 fully saturated rings. The van der Waals surface area contributed by atoms with Crippen molar-refractivity contribution in [2.45, 2.75) is 18.3 Å². The van der Waals surface area contributed by atoms with Gasteiger partial charge in [-0.05, 0) is 25.1 Å². The zero-order chi connectivity index (χ0) is 15.7. The largest absolute Gasteiger partial charge is 0.417 e. The number of sulfonamides is 1. The van der Waals surface area contributed by atoms with E-state index in [-0.39, 0.29) is 15.1 Å². The maximum atomic E-state index is 12.7. The summed E-state index contributed by atoms with van der Waals surface area (Å²) in [6.45, 7) is 1.24. The molecule has 0 aliphatic heterocycles. The van der Waals surface area contributed by atoms with Crippen LogP contribution in [0.4, 0.5) is 18.9 Å². The standard InChI is InChI=1S/C10H10BrF3N2O2S2/c1-5(9(15)19)20(17,18)16-6-2-3-8(11)7(4-6)10(12,13)14/h2-5,16H,1H3,(H2,15,19). The summed E-state index contributed by atoms with van der Waals surface area (Å²) in [5.74, 6) is 0. The molecule has 20 heavy (non-hydrogen) atoms. The van der Waals surface area contributed by atoms with Gasteiger partial charge in [-0.1, -0.05) is 28.1 Å². The normalized spacial score (nSPS) is 13.8. The number of benzene rings is 1. The molecule has 1 aromatic rings. The lowest BCUT2D eigenvalue weighted by atomic mass is 10.2. The number of alkyl halides is 3. The summed E-state index contributed by atoms with van der Waals surface area (Å²) in [6.07, 6.45) is -4.60. The van der Waals surface area contributed by atoms with Gasteiger partial charge in [0.25, 0.3) is 0 Å². The smallest absolute Gasteiger partial charge is 0.392 e. The summed E-state index contributed by atoms with van der Waals surface area (Å²) >= 11 is 7.32. The molecule has 0 saturated carbocycles. The molecule has 1 rings (SSSR count). The van der Waals surface area contributed by atoms with Gasteiger partial charge in [-0.15, -0.1) is 0 Å².